The first-order valence-corrected chi connectivity index (χ1v) is 11.0. The molecule has 5 rings (SSSR count). The first-order chi connectivity index (χ1) is 15.6. The fourth-order valence-corrected chi connectivity index (χ4v) is 4.48. The highest BCUT2D eigenvalue weighted by Gasteiger charge is 2.41. The SMILES string of the molecule is COc1cccc(-c2cc(C(=O)N3CCC4(CC3)OCCO4)n(-c3ccccc3Cl)n2)c1. The molecule has 0 N–H and O–H groups in total. The Morgan fingerprint density at radius 3 is 2.53 bits per heavy atom. The van der Waals surface area contributed by atoms with Gasteiger partial charge in [-0.3, -0.25) is 4.79 Å². The lowest BCUT2D eigenvalue weighted by molar-refractivity contribution is -0.181. The third-order valence-corrected chi connectivity index (χ3v) is 6.32. The molecule has 2 aromatic carbocycles. The van der Waals surface area contributed by atoms with E-state index in [9.17, 15) is 4.79 Å². The van der Waals surface area contributed by atoms with E-state index in [1.165, 1.54) is 0 Å². The second-order valence-corrected chi connectivity index (χ2v) is 8.32. The number of ether oxygens (including phenoxy) is 3. The van der Waals surface area contributed by atoms with Crippen LogP contribution in [0.5, 0.6) is 5.75 Å². The van der Waals surface area contributed by atoms with Gasteiger partial charge in [0.05, 0.1) is 36.7 Å². The Labute approximate surface area is 191 Å². The smallest absolute Gasteiger partial charge is 0.272 e. The Morgan fingerprint density at radius 1 is 1.06 bits per heavy atom. The Balaban J connectivity index is 1.51. The summed E-state index contributed by atoms with van der Waals surface area (Å²) in [6, 6.07) is 16.8. The van der Waals surface area contributed by atoms with Gasteiger partial charge < -0.3 is 19.1 Å². The topological polar surface area (TPSA) is 65.8 Å². The molecule has 1 spiro atoms. The normalized spacial score (nSPS) is 17.6. The number of hydrogen-bond donors (Lipinski definition) is 0. The van der Waals surface area contributed by atoms with Crippen molar-refractivity contribution >= 4 is 17.5 Å². The van der Waals surface area contributed by atoms with E-state index < -0.39 is 5.79 Å². The van der Waals surface area contributed by atoms with Crippen molar-refractivity contribution in [2.45, 2.75) is 18.6 Å². The van der Waals surface area contributed by atoms with Crippen LogP contribution >= 0.6 is 11.6 Å². The zero-order valence-corrected chi connectivity index (χ0v) is 18.5. The lowest BCUT2D eigenvalue weighted by Gasteiger charge is -2.37. The van der Waals surface area contributed by atoms with Crippen molar-refractivity contribution in [2.75, 3.05) is 33.4 Å². The summed E-state index contributed by atoms with van der Waals surface area (Å²) in [7, 11) is 1.62. The first kappa shape index (κ1) is 21.0. The highest BCUT2D eigenvalue weighted by atomic mass is 35.5. The number of amides is 1. The zero-order chi connectivity index (χ0) is 22.1. The molecule has 2 aliphatic rings. The number of aromatic nitrogens is 2. The predicted octanol–water partition coefficient (Wildman–Crippen LogP) is 4.18. The van der Waals surface area contributed by atoms with Crippen molar-refractivity contribution in [1.29, 1.82) is 0 Å². The Bertz CT molecular complexity index is 1130. The van der Waals surface area contributed by atoms with Gasteiger partial charge in [-0.2, -0.15) is 5.10 Å². The average molecular weight is 454 g/mol. The number of rotatable bonds is 4. The lowest BCUT2D eigenvalue weighted by atomic mass is 10.0. The van der Waals surface area contributed by atoms with Crippen LogP contribution in [0, 0.1) is 0 Å². The Kier molecular flexibility index (Phi) is 5.63. The van der Waals surface area contributed by atoms with Gasteiger partial charge in [0, 0.05) is 31.5 Å². The zero-order valence-electron chi connectivity index (χ0n) is 17.8. The van der Waals surface area contributed by atoms with E-state index in [0.29, 0.717) is 61.2 Å². The average Bonchev–Trinajstić information content (AvgIpc) is 3.47. The van der Waals surface area contributed by atoms with Crippen molar-refractivity contribution in [3.63, 3.8) is 0 Å². The van der Waals surface area contributed by atoms with Crippen LogP contribution in [0.25, 0.3) is 16.9 Å². The minimum Gasteiger partial charge on any atom is -0.497 e. The molecular weight excluding hydrogens is 430 g/mol. The Hall–Kier alpha value is -2.87. The van der Waals surface area contributed by atoms with Gasteiger partial charge in [0.15, 0.2) is 5.79 Å². The maximum Gasteiger partial charge on any atom is 0.272 e. The van der Waals surface area contributed by atoms with E-state index in [4.69, 9.17) is 30.9 Å². The van der Waals surface area contributed by atoms with Crippen LogP contribution in [0.3, 0.4) is 0 Å². The third kappa shape index (κ3) is 3.88. The molecule has 0 radical (unpaired) electrons. The molecule has 7 nitrogen and oxygen atoms in total. The van der Waals surface area contributed by atoms with Crippen LogP contribution in [0.2, 0.25) is 5.02 Å². The third-order valence-electron chi connectivity index (χ3n) is 6.00. The van der Waals surface area contributed by atoms with Gasteiger partial charge in [-0.25, -0.2) is 4.68 Å². The summed E-state index contributed by atoms with van der Waals surface area (Å²) in [5.41, 5.74) is 2.64. The van der Waals surface area contributed by atoms with Crippen molar-refractivity contribution in [3.05, 3.63) is 65.3 Å². The molecule has 1 amide bonds. The van der Waals surface area contributed by atoms with Crippen molar-refractivity contribution in [3.8, 4) is 22.7 Å². The maximum absolute atomic E-state index is 13.6. The summed E-state index contributed by atoms with van der Waals surface area (Å²) in [4.78, 5) is 15.4. The summed E-state index contributed by atoms with van der Waals surface area (Å²) in [5.74, 6) is 0.0888. The number of likely N-dealkylation sites (tertiary alicyclic amines) is 1. The Morgan fingerprint density at radius 2 is 1.81 bits per heavy atom. The molecule has 0 saturated carbocycles. The van der Waals surface area contributed by atoms with Crippen LogP contribution < -0.4 is 4.74 Å². The van der Waals surface area contributed by atoms with E-state index in [0.717, 1.165) is 11.3 Å². The molecule has 3 aromatic rings. The summed E-state index contributed by atoms with van der Waals surface area (Å²) in [6.07, 6.45) is 1.31. The summed E-state index contributed by atoms with van der Waals surface area (Å²) in [6.45, 7) is 2.33. The first-order valence-electron chi connectivity index (χ1n) is 10.7. The molecule has 2 saturated heterocycles. The van der Waals surface area contributed by atoms with E-state index in [-0.39, 0.29) is 5.91 Å². The van der Waals surface area contributed by atoms with Crippen LogP contribution in [0.1, 0.15) is 23.3 Å². The number of carbonyl (C=O) groups is 1. The molecule has 0 aliphatic carbocycles. The van der Waals surface area contributed by atoms with E-state index in [1.54, 1.807) is 17.9 Å². The van der Waals surface area contributed by atoms with Crippen LogP contribution in [0.4, 0.5) is 0 Å². The highest BCUT2D eigenvalue weighted by Crippen LogP contribution is 2.33. The number of halogens is 1. The molecule has 166 valence electrons. The standard InChI is InChI=1S/C24H24ClN3O4/c1-30-18-6-4-5-17(15-18)20-16-22(28(26-20)21-8-3-2-7-19(21)25)23(29)27-11-9-24(10-12-27)31-13-14-32-24/h2-8,15-16H,9-14H2,1H3. The number of piperidine rings is 1. The monoisotopic (exact) mass is 453 g/mol. The summed E-state index contributed by atoms with van der Waals surface area (Å²) in [5, 5.41) is 5.27. The van der Waals surface area contributed by atoms with E-state index in [1.807, 2.05) is 53.4 Å². The van der Waals surface area contributed by atoms with E-state index >= 15 is 0 Å². The second kappa shape index (κ2) is 8.58. The van der Waals surface area contributed by atoms with Crippen LogP contribution in [0.15, 0.2) is 54.6 Å². The molecule has 1 aromatic heterocycles. The molecule has 0 bridgehead atoms. The van der Waals surface area contributed by atoms with Gasteiger partial charge >= 0.3 is 0 Å². The van der Waals surface area contributed by atoms with Gasteiger partial charge in [0.2, 0.25) is 0 Å². The van der Waals surface area contributed by atoms with E-state index in [2.05, 4.69) is 0 Å². The minimum atomic E-state index is -0.536. The maximum atomic E-state index is 13.6. The number of nitrogens with zero attached hydrogens (tertiary/aromatic N) is 3. The molecule has 0 atom stereocenters. The minimum absolute atomic E-state index is 0.0978. The highest BCUT2D eigenvalue weighted by molar-refractivity contribution is 6.32. The van der Waals surface area contributed by atoms with Crippen LogP contribution in [-0.2, 0) is 9.47 Å². The summed E-state index contributed by atoms with van der Waals surface area (Å²) >= 11 is 6.47. The molecule has 0 unspecified atom stereocenters. The molecule has 3 heterocycles. The quantitative estimate of drug-likeness (QED) is 0.593. The van der Waals surface area contributed by atoms with Gasteiger partial charge in [0.1, 0.15) is 11.4 Å². The van der Waals surface area contributed by atoms with Gasteiger partial charge in [-0.05, 0) is 30.3 Å². The largest absolute Gasteiger partial charge is 0.497 e. The van der Waals surface area contributed by atoms with Crippen molar-refractivity contribution < 1.29 is 19.0 Å². The number of benzene rings is 2. The molecule has 32 heavy (non-hydrogen) atoms. The lowest BCUT2D eigenvalue weighted by Crippen LogP contribution is -2.47. The van der Waals surface area contributed by atoms with Crippen LogP contribution in [-0.4, -0.2) is 59.8 Å². The predicted molar refractivity (Wildman–Crippen MR) is 120 cm³/mol. The molecule has 2 aliphatic heterocycles. The number of carbonyl (C=O) groups excluding carboxylic acids is 1. The van der Waals surface area contributed by atoms with Gasteiger partial charge in [-0.1, -0.05) is 35.9 Å². The van der Waals surface area contributed by atoms with Crippen molar-refractivity contribution in [1.82, 2.24) is 14.7 Å². The molecular formula is C24H24ClN3O4. The van der Waals surface area contributed by atoms with Gasteiger partial charge in [-0.15, -0.1) is 0 Å². The second-order valence-electron chi connectivity index (χ2n) is 7.91. The number of hydrogen-bond acceptors (Lipinski definition) is 5. The fourth-order valence-electron chi connectivity index (χ4n) is 4.26. The number of para-hydroxylation sites is 1. The molecule has 2 fully saturated rings. The van der Waals surface area contributed by atoms with Crippen molar-refractivity contribution in [2.24, 2.45) is 0 Å². The van der Waals surface area contributed by atoms with Gasteiger partial charge in [0.25, 0.3) is 5.91 Å². The number of methoxy groups -OCH3 is 1. The molecule has 8 heteroatoms. The summed E-state index contributed by atoms with van der Waals surface area (Å²) < 4.78 is 18.6. The fraction of sp³-hybridized carbons (Fsp3) is 0.333.